The Kier molecular flexibility index (Phi) is 5.03. The number of aryl methyl sites for hydroxylation is 2. The molecular weight excluding hydrogens is 312 g/mol. The van der Waals surface area contributed by atoms with E-state index in [0.29, 0.717) is 12.2 Å². The van der Waals surface area contributed by atoms with Crippen LogP contribution in [-0.4, -0.2) is 26.8 Å². The Bertz CT molecular complexity index is 875. The SMILES string of the molecule is CCCCNC(=O)c1cc(-c2cccn2C)nn1-c1cccc(C)c1. The summed E-state index contributed by atoms with van der Waals surface area (Å²) in [7, 11) is 1.97. The summed E-state index contributed by atoms with van der Waals surface area (Å²) in [5.41, 5.74) is 4.34. The van der Waals surface area contributed by atoms with E-state index in [9.17, 15) is 4.79 Å². The van der Waals surface area contributed by atoms with E-state index >= 15 is 0 Å². The van der Waals surface area contributed by atoms with Crippen molar-refractivity contribution < 1.29 is 4.79 Å². The lowest BCUT2D eigenvalue weighted by Crippen LogP contribution is -2.26. The molecule has 0 saturated carbocycles. The fraction of sp³-hybridized carbons (Fsp3) is 0.300. The molecule has 0 aliphatic heterocycles. The highest BCUT2D eigenvalue weighted by Crippen LogP contribution is 2.22. The summed E-state index contributed by atoms with van der Waals surface area (Å²) in [6, 6.07) is 13.9. The van der Waals surface area contributed by atoms with Crippen LogP contribution in [0.5, 0.6) is 0 Å². The van der Waals surface area contributed by atoms with Gasteiger partial charge in [-0.1, -0.05) is 25.5 Å². The molecule has 1 amide bonds. The molecular formula is C20H24N4O. The summed E-state index contributed by atoms with van der Waals surface area (Å²) in [5.74, 6) is -0.0945. The number of nitrogens with zero attached hydrogens (tertiary/aromatic N) is 3. The van der Waals surface area contributed by atoms with Gasteiger partial charge in [0, 0.05) is 19.8 Å². The third-order valence-electron chi connectivity index (χ3n) is 4.21. The molecule has 2 aromatic heterocycles. The Labute approximate surface area is 148 Å². The third-order valence-corrected chi connectivity index (χ3v) is 4.21. The normalized spacial score (nSPS) is 10.8. The van der Waals surface area contributed by atoms with Gasteiger partial charge in [0.2, 0.25) is 0 Å². The molecule has 0 aliphatic carbocycles. The molecule has 5 nitrogen and oxygen atoms in total. The van der Waals surface area contributed by atoms with Crippen LogP contribution in [0, 0.1) is 6.92 Å². The fourth-order valence-electron chi connectivity index (χ4n) is 2.82. The number of hydrogen-bond donors (Lipinski definition) is 1. The van der Waals surface area contributed by atoms with E-state index in [2.05, 4.69) is 12.2 Å². The summed E-state index contributed by atoms with van der Waals surface area (Å²) in [5, 5.41) is 7.70. The topological polar surface area (TPSA) is 51.9 Å². The number of unbranched alkanes of at least 4 members (excludes halogenated alkanes) is 1. The van der Waals surface area contributed by atoms with Gasteiger partial charge in [0.15, 0.2) is 0 Å². The minimum absolute atomic E-state index is 0.0945. The van der Waals surface area contributed by atoms with Crippen LogP contribution in [0.2, 0.25) is 0 Å². The molecule has 25 heavy (non-hydrogen) atoms. The highest BCUT2D eigenvalue weighted by Gasteiger charge is 2.18. The molecule has 2 heterocycles. The Morgan fingerprint density at radius 3 is 2.72 bits per heavy atom. The molecule has 1 N–H and O–H groups in total. The number of hydrogen-bond acceptors (Lipinski definition) is 2. The van der Waals surface area contributed by atoms with Gasteiger partial charge in [-0.3, -0.25) is 4.79 Å². The van der Waals surface area contributed by atoms with Crippen molar-refractivity contribution in [2.75, 3.05) is 6.54 Å². The maximum Gasteiger partial charge on any atom is 0.270 e. The third kappa shape index (κ3) is 3.65. The average Bonchev–Trinajstić information content (AvgIpc) is 3.21. The Hall–Kier alpha value is -2.82. The Morgan fingerprint density at radius 1 is 1.20 bits per heavy atom. The van der Waals surface area contributed by atoms with Gasteiger partial charge >= 0.3 is 0 Å². The minimum atomic E-state index is -0.0945. The number of nitrogens with one attached hydrogen (secondary N) is 1. The molecule has 3 aromatic rings. The van der Waals surface area contributed by atoms with E-state index in [1.165, 1.54) is 0 Å². The highest BCUT2D eigenvalue weighted by molar-refractivity contribution is 5.94. The summed E-state index contributed by atoms with van der Waals surface area (Å²) in [4.78, 5) is 12.7. The minimum Gasteiger partial charge on any atom is -0.351 e. The van der Waals surface area contributed by atoms with E-state index in [1.54, 1.807) is 4.68 Å². The summed E-state index contributed by atoms with van der Waals surface area (Å²) >= 11 is 0. The van der Waals surface area contributed by atoms with Crippen molar-refractivity contribution in [3.05, 3.63) is 59.9 Å². The van der Waals surface area contributed by atoms with Gasteiger partial charge < -0.3 is 9.88 Å². The summed E-state index contributed by atoms with van der Waals surface area (Å²) in [6.45, 7) is 4.82. The summed E-state index contributed by atoms with van der Waals surface area (Å²) in [6.07, 6.45) is 3.99. The van der Waals surface area contributed by atoms with E-state index in [0.717, 1.165) is 35.5 Å². The molecule has 130 valence electrons. The second-order valence-corrected chi connectivity index (χ2v) is 6.28. The zero-order chi connectivity index (χ0) is 17.8. The molecule has 0 spiro atoms. The molecule has 0 radical (unpaired) electrons. The summed E-state index contributed by atoms with van der Waals surface area (Å²) < 4.78 is 3.73. The quantitative estimate of drug-likeness (QED) is 0.698. The van der Waals surface area contributed by atoms with Crippen LogP contribution in [0.3, 0.4) is 0 Å². The first-order chi connectivity index (χ1) is 12.1. The lowest BCUT2D eigenvalue weighted by Gasteiger charge is -2.08. The number of carbonyl (C=O) groups is 1. The number of amides is 1. The van der Waals surface area contributed by atoms with Crippen LogP contribution >= 0.6 is 0 Å². The van der Waals surface area contributed by atoms with Gasteiger partial charge in [-0.05, 0) is 49.2 Å². The molecule has 0 aliphatic rings. The van der Waals surface area contributed by atoms with Crippen LogP contribution < -0.4 is 5.32 Å². The number of carbonyl (C=O) groups excluding carboxylic acids is 1. The predicted molar refractivity (Wildman–Crippen MR) is 99.9 cm³/mol. The second-order valence-electron chi connectivity index (χ2n) is 6.28. The Balaban J connectivity index is 2.03. The van der Waals surface area contributed by atoms with Crippen LogP contribution in [0.25, 0.3) is 17.1 Å². The van der Waals surface area contributed by atoms with Gasteiger partial charge in [-0.15, -0.1) is 0 Å². The molecule has 0 unspecified atom stereocenters. The van der Waals surface area contributed by atoms with Crippen molar-refractivity contribution in [3.63, 3.8) is 0 Å². The monoisotopic (exact) mass is 336 g/mol. The molecule has 1 aromatic carbocycles. The van der Waals surface area contributed by atoms with Gasteiger partial charge in [-0.25, -0.2) is 4.68 Å². The molecule has 3 rings (SSSR count). The zero-order valence-electron chi connectivity index (χ0n) is 15.0. The van der Waals surface area contributed by atoms with Crippen LogP contribution in [0.1, 0.15) is 35.8 Å². The first-order valence-corrected chi connectivity index (χ1v) is 8.67. The standard InChI is InChI=1S/C20H24N4O/c1-4-5-11-21-20(25)19-14-17(18-10-7-12-23(18)3)22-24(19)16-9-6-8-15(2)13-16/h6-10,12-14H,4-5,11H2,1-3H3,(H,21,25). The van der Waals surface area contributed by atoms with Gasteiger partial charge in [-0.2, -0.15) is 5.10 Å². The van der Waals surface area contributed by atoms with E-state index in [4.69, 9.17) is 5.10 Å². The lowest BCUT2D eigenvalue weighted by atomic mass is 10.2. The molecule has 0 saturated heterocycles. The number of benzene rings is 1. The molecule has 0 bridgehead atoms. The maximum absolute atomic E-state index is 12.7. The first-order valence-electron chi connectivity index (χ1n) is 8.67. The van der Waals surface area contributed by atoms with E-state index in [1.807, 2.05) is 67.2 Å². The molecule has 5 heteroatoms. The van der Waals surface area contributed by atoms with Gasteiger partial charge in [0.1, 0.15) is 11.4 Å². The lowest BCUT2D eigenvalue weighted by molar-refractivity contribution is 0.0945. The number of aromatic nitrogens is 3. The smallest absolute Gasteiger partial charge is 0.270 e. The van der Waals surface area contributed by atoms with Crippen molar-refractivity contribution in [1.82, 2.24) is 19.7 Å². The van der Waals surface area contributed by atoms with Gasteiger partial charge in [0.25, 0.3) is 5.91 Å². The Morgan fingerprint density at radius 2 is 2.04 bits per heavy atom. The molecule has 0 fully saturated rings. The predicted octanol–water partition coefficient (Wildman–Crippen LogP) is 3.72. The molecule has 0 atom stereocenters. The number of rotatable bonds is 6. The largest absolute Gasteiger partial charge is 0.351 e. The first kappa shape index (κ1) is 17.0. The van der Waals surface area contributed by atoms with Crippen LogP contribution in [-0.2, 0) is 7.05 Å². The van der Waals surface area contributed by atoms with E-state index < -0.39 is 0 Å². The fourth-order valence-corrected chi connectivity index (χ4v) is 2.82. The second kappa shape index (κ2) is 7.38. The van der Waals surface area contributed by atoms with E-state index in [-0.39, 0.29) is 5.91 Å². The van der Waals surface area contributed by atoms with Crippen molar-refractivity contribution >= 4 is 5.91 Å². The zero-order valence-corrected chi connectivity index (χ0v) is 15.0. The average molecular weight is 336 g/mol. The van der Waals surface area contributed by atoms with Crippen molar-refractivity contribution in [1.29, 1.82) is 0 Å². The van der Waals surface area contributed by atoms with Crippen molar-refractivity contribution in [2.45, 2.75) is 26.7 Å². The van der Waals surface area contributed by atoms with Crippen molar-refractivity contribution in [2.24, 2.45) is 7.05 Å². The van der Waals surface area contributed by atoms with Crippen molar-refractivity contribution in [3.8, 4) is 17.1 Å². The highest BCUT2D eigenvalue weighted by atomic mass is 16.2. The van der Waals surface area contributed by atoms with Crippen LogP contribution in [0.4, 0.5) is 0 Å². The van der Waals surface area contributed by atoms with Gasteiger partial charge in [0.05, 0.1) is 11.4 Å². The maximum atomic E-state index is 12.7. The van der Waals surface area contributed by atoms with Crippen LogP contribution in [0.15, 0.2) is 48.7 Å².